The number of benzene rings is 1. The molecule has 0 fully saturated rings. The molecule has 0 aliphatic heterocycles. The summed E-state index contributed by atoms with van der Waals surface area (Å²) < 4.78 is 0. The Balaban J connectivity index is 2.59. The Kier molecular flexibility index (Phi) is 3.75. The number of fused-ring (bicyclic) bond motifs is 1. The van der Waals surface area contributed by atoms with E-state index in [9.17, 15) is 0 Å². The highest BCUT2D eigenvalue weighted by molar-refractivity contribution is 6.45. The van der Waals surface area contributed by atoms with Crippen molar-refractivity contribution in [3.63, 3.8) is 0 Å². The van der Waals surface area contributed by atoms with E-state index in [-0.39, 0.29) is 0 Å². The Morgan fingerprint density at radius 1 is 1.18 bits per heavy atom. The summed E-state index contributed by atoms with van der Waals surface area (Å²) in [6, 6.07) is 6.08. The Morgan fingerprint density at radius 3 is 2.53 bits per heavy atom. The molecule has 4 heteroatoms. The van der Waals surface area contributed by atoms with Gasteiger partial charge >= 0.3 is 0 Å². The maximum absolute atomic E-state index is 6.20. The summed E-state index contributed by atoms with van der Waals surface area (Å²) in [6.45, 7) is 6.19. The predicted molar refractivity (Wildman–Crippen MR) is 75.3 cm³/mol. The molecule has 2 nitrogen and oxygen atoms in total. The second-order valence-corrected chi connectivity index (χ2v) is 4.58. The molecule has 0 amide bonds. The number of rotatable bonds is 3. The highest BCUT2D eigenvalue weighted by Gasteiger charge is 2.08. The van der Waals surface area contributed by atoms with Gasteiger partial charge < -0.3 is 4.90 Å². The zero-order chi connectivity index (χ0) is 12.4. The molecule has 0 saturated heterocycles. The molecule has 1 aromatic heterocycles. The number of hydrogen-bond donors (Lipinski definition) is 0. The maximum atomic E-state index is 6.20. The number of halogens is 2. The number of hydrogen-bond acceptors (Lipinski definition) is 2. The molecule has 2 rings (SSSR count). The van der Waals surface area contributed by atoms with Crippen LogP contribution in [0.25, 0.3) is 10.9 Å². The molecule has 17 heavy (non-hydrogen) atoms. The quantitative estimate of drug-likeness (QED) is 0.821. The van der Waals surface area contributed by atoms with Crippen molar-refractivity contribution in [2.75, 3.05) is 18.0 Å². The van der Waals surface area contributed by atoms with E-state index < -0.39 is 0 Å². The lowest BCUT2D eigenvalue weighted by atomic mass is 10.2. The van der Waals surface area contributed by atoms with Crippen LogP contribution in [0.4, 0.5) is 5.69 Å². The van der Waals surface area contributed by atoms with Crippen molar-refractivity contribution >= 4 is 39.8 Å². The van der Waals surface area contributed by atoms with Crippen LogP contribution in [0.5, 0.6) is 0 Å². The average Bonchev–Trinajstić information content (AvgIpc) is 2.36. The lowest BCUT2D eigenvalue weighted by molar-refractivity contribution is 0.867. The molecule has 0 aliphatic carbocycles. The van der Waals surface area contributed by atoms with Crippen molar-refractivity contribution in [1.82, 2.24) is 4.98 Å². The third kappa shape index (κ3) is 2.33. The van der Waals surface area contributed by atoms with Crippen LogP contribution in [-0.4, -0.2) is 18.1 Å². The van der Waals surface area contributed by atoms with E-state index in [4.69, 9.17) is 23.2 Å². The van der Waals surface area contributed by atoms with Crippen molar-refractivity contribution in [3.8, 4) is 0 Å². The molecular weight excluding hydrogens is 255 g/mol. The van der Waals surface area contributed by atoms with E-state index in [2.05, 4.69) is 29.8 Å². The Morgan fingerprint density at radius 2 is 1.88 bits per heavy atom. The SMILES string of the molecule is CCN(CC)c1ccc2ncc(Cl)c(Cl)c2c1. The molecule has 0 bridgehead atoms. The van der Waals surface area contributed by atoms with Gasteiger partial charge in [-0.2, -0.15) is 0 Å². The molecule has 0 saturated carbocycles. The van der Waals surface area contributed by atoms with Crippen LogP contribution in [0.2, 0.25) is 10.0 Å². The van der Waals surface area contributed by atoms with Gasteiger partial charge in [-0.3, -0.25) is 4.98 Å². The first-order valence-electron chi connectivity index (χ1n) is 5.66. The third-order valence-corrected chi connectivity index (χ3v) is 3.66. The summed E-state index contributed by atoms with van der Waals surface area (Å²) in [5.74, 6) is 0. The van der Waals surface area contributed by atoms with Crippen LogP contribution in [0.1, 0.15) is 13.8 Å². The molecule has 1 heterocycles. The second kappa shape index (κ2) is 5.11. The largest absolute Gasteiger partial charge is 0.372 e. The number of aromatic nitrogens is 1. The minimum absolute atomic E-state index is 0.496. The Labute approximate surface area is 111 Å². The van der Waals surface area contributed by atoms with E-state index in [1.165, 1.54) is 0 Å². The number of nitrogens with zero attached hydrogens (tertiary/aromatic N) is 2. The minimum Gasteiger partial charge on any atom is -0.372 e. The molecule has 90 valence electrons. The van der Waals surface area contributed by atoms with Crippen molar-refractivity contribution in [3.05, 3.63) is 34.4 Å². The highest BCUT2D eigenvalue weighted by Crippen LogP contribution is 2.31. The molecule has 1 aromatic carbocycles. The lowest BCUT2D eigenvalue weighted by Gasteiger charge is -2.21. The molecule has 2 aromatic rings. The summed E-state index contributed by atoms with van der Waals surface area (Å²) >= 11 is 12.2. The number of anilines is 1. The normalized spacial score (nSPS) is 10.8. The van der Waals surface area contributed by atoms with Crippen molar-refractivity contribution in [2.45, 2.75) is 13.8 Å². The molecule has 0 unspecified atom stereocenters. The van der Waals surface area contributed by atoms with Gasteiger partial charge in [-0.05, 0) is 32.0 Å². The smallest absolute Gasteiger partial charge is 0.0782 e. The summed E-state index contributed by atoms with van der Waals surface area (Å²) in [7, 11) is 0. The average molecular weight is 269 g/mol. The van der Waals surface area contributed by atoms with E-state index in [1.807, 2.05) is 12.1 Å². The van der Waals surface area contributed by atoms with Gasteiger partial charge in [0.15, 0.2) is 0 Å². The second-order valence-electron chi connectivity index (χ2n) is 3.79. The standard InChI is InChI=1S/C13H14Cl2N2/c1-3-17(4-2)9-5-6-12-10(7-9)13(15)11(14)8-16-12/h5-8H,3-4H2,1-2H3. The van der Waals surface area contributed by atoms with Gasteiger partial charge in [0.2, 0.25) is 0 Å². The maximum Gasteiger partial charge on any atom is 0.0782 e. The fourth-order valence-electron chi connectivity index (χ4n) is 1.91. The zero-order valence-corrected chi connectivity index (χ0v) is 11.4. The van der Waals surface area contributed by atoms with E-state index in [1.54, 1.807) is 6.20 Å². The van der Waals surface area contributed by atoms with Gasteiger partial charge in [-0.25, -0.2) is 0 Å². The van der Waals surface area contributed by atoms with Gasteiger partial charge in [0.25, 0.3) is 0 Å². The zero-order valence-electron chi connectivity index (χ0n) is 9.87. The molecule has 0 spiro atoms. The first-order valence-corrected chi connectivity index (χ1v) is 6.41. The van der Waals surface area contributed by atoms with Gasteiger partial charge in [0.1, 0.15) is 0 Å². The fraction of sp³-hybridized carbons (Fsp3) is 0.308. The molecule has 0 N–H and O–H groups in total. The molecule has 0 radical (unpaired) electrons. The van der Waals surface area contributed by atoms with Gasteiger partial charge in [-0.1, -0.05) is 23.2 Å². The predicted octanol–water partition coefficient (Wildman–Crippen LogP) is 4.39. The fourth-order valence-corrected chi connectivity index (χ4v) is 2.26. The Bertz CT molecular complexity index is 536. The van der Waals surface area contributed by atoms with E-state index in [0.717, 1.165) is 29.7 Å². The third-order valence-electron chi connectivity index (χ3n) is 2.87. The minimum atomic E-state index is 0.496. The number of pyridine rings is 1. The molecule has 0 atom stereocenters. The first kappa shape index (κ1) is 12.5. The topological polar surface area (TPSA) is 16.1 Å². The molecule has 0 aliphatic rings. The first-order chi connectivity index (χ1) is 8.17. The van der Waals surface area contributed by atoms with Crippen LogP contribution >= 0.6 is 23.2 Å². The van der Waals surface area contributed by atoms with Gasteiger partial charge in [0, 0.05) is 30.4 Å². The summed E-state index contributed by atoms with van der Waals surface area (Å²) in [5, 5.41) is 1.98. The van der Waals surface area contributed by atoms with Crippen LogP contribution in [0.15, 0.2) is 24.4 Å². The summed E-state index contributed by atoms with van der Waals surface area (Å²) in [5.41, 5.74) is 2.02. The van der Waals surface area contributed by atoms with Crippen molar-refractivity contribution in [2.24, 2.45) is 0 Å². The lowest BCUT2D eigenvalue weighted by Crippen LogP contribution is -2.21. The Hall–Kier alpha value is -0.990. The highest BCUT2D eigenvalue weighted by atomic mass is 35.5. The van der Waals surface area contributed by atoms with Crippen LogP contribution < -0.4 is 4.90 Å². The molecular formula is C13H14Cl2N2. The van der Waals surface area contributed by atoms with Gasteiger partial charge in [0.05, 0.1) is 15.6 Å². The summed E-state index contributed by atoms with van der Waals surface area (Å²) in [6.07, 6.45) is 1.59. The van der Waals surface area contributed by atoms with Crippen molar-refractivity contribution < 1.29 is 0 Å². The summed E-state index contributed by atoms with van der Waals surface area (Å²) in [4.78, 5) is 6.52. The van der Waals surface area contributed by atoms with Crippen LogP contribution in [0, 0.1) is 0 Å². The van der Waals surface area contributed by atoms with E-state index in [0.29, 0.717) is 10.0 Å². The van der Waals surface area contributed by atoms with Crippen molar-refractivity contribution in [1.29, 1.82) is 0 Å². The van der Waals surface area contributed by atoms with Crippen LogP contribution in [-0.2, 0) is 0 Å². The monoisotopic (exact) mass is 268 g/mol. The van der Waals surface area contributed by atoms with E-state index >= 15 is 0 Å². The van der Waals surface area contributed by atoms with Gasteiger partial charge in [-0.15, -0.1) is 0 Å². The van der Waals surface area contributed by atoms with Crippen LogP contribution in [0.3, 0.4) is 0 Å².